The van der Waals surface area contributed by atoms with Crippen molar-refractivity contribution in [2.75, 3.05) is 0 Å². The van der Waals surface area contributed by atoms with E-state index in [1.165, 1.54) is 18.2 Å². The Labute approximate surface area is 112 Å². The van der Waals surface area contributed by atoms with Crippen LogP contribution in [0.5, 0.6) is 0 Å². The fourth-order valence-electron chi connectivity index (χ4n) is 2.63. The molecule has 1 aliphatic carbocycles. The molecule has 0 radical (unpaired) electrons. The maximum atomic E-state index is 10.1. The fraction of sp³-hybridized carbons (Fsp3) is 0.400. The van der Waals surface area contributed by atoms with E-state index in [9.17, 15) is 10.2 Å². The third-order valence-corrected chi connectivity index (χ3v) is 3.88. The molecule has 1 saturated carbocycles. The van der Waals surface area contributed by atoms with Crippen LogP contribution in [-0.2, 0) is 0 Å². The maximum absolute atomic E-state index is 10.1. The van der Waals surface area contributed by atoms with Gasteiger partial charge >= 0.3 is 0 Å². The number of aliphatic hydroxyl groups excluding tert-OH is 2. The Bertz CT molecular complexity index is 547. The molecule has 1 heterocycles. The fourth-order valence-corrected chi connectivity index (χ4v) is 2.63. The van der Waals surface area contributed by atoms with E-state index in [-0.39, 0.29) is 23.8 Å². The van der Waals surface area contributed by atoms with E-state index in [0.29, 0.717) is 0 Å². The zero-order valence-electron chi connectivity index (χ0n) is 11.0. The van der Waals surface area contributed by atoms with Crippen molar-refractivity contribution in [3.8, 4) is 0 Å². The van der Waals surface area contributed by atoms with Gasteiger partial charge in [0.25, 0.3) is 0 Å². The molecule has 0 amide bonds. The lowest BCUT2D eigenvalue weighted by Crippen LogP contribution is -2.43. The van der Waals surface area contributed by atoms with E-state index in [4.69, 9.17) is 0 Å². The molecule has 1 aromatic rings. The first-order valence-corrected chi connectivity index (χ1v) is 6.67. The highest BCUT2D eigenvalue weighted by Gasteiger charge is 2.36. The summed E-state index contributed by atoms with van der Waals surface area (Å²) in [5, 5.41) is 19.8. The largest absolute Gasteiger partial charge is 0.502 e. The molecule has 0 saturated heterocycles. The molecule has 1 aromatic carbocycles. The van der Waals surface area contributed by atoms with Crippen molar-refractivity contribution in [1.82, 2.24) is 4.90 Å². The van der Waals surface area contributed by atoms with E-state index in [2.05, 4.69) is 11.1 Å². The molecule has 1 atom stereocenters. The first-order chi connectivity index (χ1) is 9.16. The van der Waals surface area contributed by atoms with Gasteiger partial charge in [-0.25, -0.2) is 0 Å². The monoisotopic (exact) mass is 258 g/mol. The average molecular weight is 258 g/mol. The van der Waals surface area contributed by atoms with Crippen molar-refractivity contribution in [2.45, 2.75) is 38.4 Å². The van der Waals surface area contributed by atoms with Gasteiger partial charge in [-0.05, 0) is 31.7 Å². The second-order valence-corrected chi connectivity index (χ2v) is 5.27. The van der Waals surface area contributed by atoms with E-state index < -0.39 is 0 Å². The summed E-state index contributed by atoms with van der Waals surface area (Å²) < 4.78 is 0. The van der Waals surface area contributed by atoms with Gasteiger partial charge in [0.2, 0.25) is 5.88 Å². The van der Waals surface area contributed by atoms with Crippen molar-refractivity contribution < 1.29 is 10.2 Å². The van der Waals surface area contributed by atoms with E-state index in [1.807, 2.05) is 30.0 Å². The van der Waals surface area contributed by atoms with Gasteiger partial charge in [-0.3, -0.25) is 4.99 Å². The lowest BCUT2D eigenvalue weighted by molar-refractivity contribution is 0.0513. The number of benzene rings is 1. The van der Waals surface area contributed by atoms with Crippen LogP contribution in [0, 0.1) is 6.92 Å². The Kier molecular flexibility index (Phi) is 2.93. The molecule has 0 aromatic heterocycles. The first kappa shape index (κ1) is 12.1. The van der Waals surface area contributed by atoms with Gasteiger partial charge in [0.15, 0.2) is 5.76 Å². The van der Waals surface area contributed by atoms with Gasteiger partial charge in [-0.1, -0.05) is 29.8 Å². The zero-order valence-corrected chi connectivity index (χ0v) is 11.0. The number of aliphatic imine (C=N–C) groups is 1. The number of aliphatic hydroxyl groups is 2. The van der Waals surface area contributed by atoms with E-state index in [0.717, 1.165) is 18.4 Å². The summed E-state index contributed by atoms with van der Waals surface area (Å²) in [6, 6.07) is 8.38. The number of hydrogen-bond donors (Lipinski definition) is 2. The summed E-state index contributed by atoms with van der Waals surface area (Å²) in [6.45, 7) is 2.04. The summed E-state index contributed by atoms with van der Waals surface area (Å²) in [6.07, 6.45) is 4.35. The van der Waals surface area contributed by atoms with Crippen LogP contribution in [0.4, 0.5) is 0 Å². The molecule has 4 heteroatoms. The average Bonchev–Trinajstić information content (AvgIpc) is 2.33. The highest BCUT2D eigenvalue weighted by atomic mass is 16.3. The first-order valence-electron chi connectivity index (χ1n) is 6.67. The van der Waals surface area contributed by atoms with Crippen LogP contribution in [0.3, 0.4) is 0 Å². The quantitative estimate of drug-likeness (QED) is 0.856. The van der Waals surface area contributed by atoms with Gasteiger partial charge in [-0.15, -0.1) is 0 Å². The highest BCUT2D eigenvalue weighted by Crippen LogP contribution is 2.37. The van der Waals surface area contributed by atoms with Gasteiger partial charge in [0.05, 0.1) is 6.21 Å². The molecular weight excluding hydrogens is 240 g/mol. The molecule has 2 aliphatic rings. The van der Waals surface area contributed by atoms with Crippen LogP contribution in [0.25, 0.3) is 0 Å². The lowest BCUT2D eigenvalue weighted by atomic mass is 9.90. The van der Waals surface area contributed by atoms with Crippen LogP contribution >= 0.6 is 0 Å². The second-order valence-electron chi connectivity index (χ2n) is 5.27. The van der Waals surface area contributed by atoms with Gasteiger partial charge in [-0.2, -0.15) is 0 Å². The predicted molar refractivity (Wildman–Crippen MR) is 74.2 cm³/mol. The van der Waals surface area contributed by atoms with Crippen LogP contribution in [0.15, 0.2) is 40.9 Å². The summed E-state index contributed by atoms with van der Waals surface area (Å²) in [7, 11) is 0. The molecule has 2 N–H and O–H groups in total. The third kappa shape index (κ3) is 2.07. The summed E-state index contributed by atoms with van der Waals surface area (Å²) in [5.74, 6) is -0.193. The topological polar surface area (TPSA) is 56.1 Å². The smallest absolute Gasteiger partial charge is 0.234 e. The number of hydrogen-bond acceptors (Lipinski definition) is 4. The molecule has 1 aliphatic heterocycles. The van der Waals surface area contributed by atoms with Crippen molar-refractivity contribution in [1.29, 1.82) is 0 Å². The number of allylic oxidation sites excluding steroid dienone is 1. The predicted octanol–water partition coefficient (Wildman–Crippen LogP) is 3.22. The summed E-state index contributed by atoms with van der Waals surface area (Å²) >= 11 is 0. The van der Waals surface area contributed by atoms with E-state index in [1.54, 1.807) is 0 Å². The molecule has 1 fully saturated rings. The molecule has 0 spiro atoms. The Hall–Kier alpha value is -1.97. The number of nitrogens with zero attached hydrogens (tertiary/aromatic N) is 2. The SMILES string of the molecule is Cc1cccc(C2N=CC(O)=C(O)N2C2CCC2)c1. The molecule has 19 heavy (non-hydrogen) atoms. The highest BCUT2D eigenvalue weighted by molar-refractivity contribution is 5.77. The number of aryl methyl sites for hydroxylation is 1. The second kappa shape index (κ2) is 4.61. The minimum atomic E-state index is -0.235. The minimum absolute atomic E-state index is 0.0498. The molecule has 100 valence electrons. The Morgan fingerprint density at radius 2 is 2.05 bits per heavy atom. The van der Waals surface area contributed by atoms with Gasteiger partial charge in [0, 0.05) is 6.04 Å². The van der Waals surface area contributed by atoms with Crippen molar-refractivity contribution in [3.05, 3.63) is 47.0 Å². The van der Waals surface area contributed by atoms with Crippen LogP contribution in [-0.4, -0.2) is 27.4 Å². The summed E-state index contributed by atoms with van der Waals surface area (Å²) in [5.41, 5.74) is 2.21. The third-order valence-electron chi connectivity index (χ3n) is 3.88. The molecular formula is C15H18N2O2. The van der Waals surface area contributed by atoms with Gasteiger partial charge in [0.1, 0.15) is 6.17 Å². The lowest BCUT2D eigenvalue weighted by Gasteiger charge is -2.43. The number of rotatable bonds is 2. The zero-order chi connectivity index (χ0) is 13.4. The van der Waals surface area contributed by atoms with Crippen molar-refractivity contribution >= 4 is 6.21 Å². The normalized spacial score (nSPS) is 23.6. The Balaban J connectivity index is 1.97. The standard InChI is InChI=1S/C15H18N2O2/c1-10-4-2-5-11(8-10)14-16-9-13(18)15(19)17(14)12-6-3-7-12/h2,4-5,8-9,12,14,18-19H,3,6-7H2,1H3. The van der Waals surface area contributed by atoms with Crippen LogP contribution in [0.1, 0.15) is 36.6 Å². The van der Waals surface area contributed by atoms with Crippen molar-refractivity contribution in [3.63, 3.8) is 0 Å². The van der Waals surface area contributed by atoms with Crippen LogP contribution in [0.2, 0.25) is 0 Å². The Morgan fingerprint density at radius 1 is 1.26 bits per heavy atom. The molecule has 4 nitrogen and oxygen atoms in total. The molecule has 3 rings (SSSR count). The minimum Gasteiger partial charge on any atom is -0.502 e. The van der Waals surface area contributed by atoms with Crippen molar-refractivity contribution in [2.24, 2.45) is 4.99 Å². The maximum Gasteiger partial charge on any atom is 0.234 e. The van der Waals surface area contributed by atoms with Gasteiger partial charge < -0.3 is 15.1 Å². The molecule has 0 bridgehead atoms. The van der Waals surface area contributed by atoms with Crippen LogP contribution < -0.4 is 0 Å². The Morgan fingerprint density at radius 3 is 2.68 bits per heavy atom. The molecule has 1 unspecified atom stereocenters. The van der Waals surface area contributed by atoms with E-state index >= 15 is 0 Å². The summed E-state index contributed by atoms with van der Waals surface area (Å²) in [4.78, 5) is 6.23.